The smallest absolute Gasteiger partial charge is 0.407 e. The molecule has 0 unspecified atom stereocenters. The van der Waals surface area contributed by atoms with E-state index in [-0.39, 0.29) is 24.7 Å². The number of unbranched alkanes of at least 4 members (excludes halogenated alkanes) is 1. The second-order valence-corrected chi connectivity index (χ2v) is 8.92. The number of ketones is 1. The summed E-state index contributed by atoms with van der Waals surface area (Å²) in [6.45, 7) is 4.32. The van der Waals surface area contributed by atoms with E-state index in [1.54, 1.807) is 13.8 Å². The molecule has 0 aromatic heterocycles. The van der Waals surface area contributed by atoms with Crippen molar-refractivity contribution in [2.75, 3.05) is 13.2 Å². The molecule has 33 heavy (non-hydrogen) atoms. The molecule has 0 radical (unpaired) electrons. The van der Waals surface area contributed by atoms with Gasteiger partial charge in [0.15, 0.2) is 5.78 Å². The van der Waals surface area contributed by atoms with Crippen LogP contribution >= 0.6 is 0 Å². The van der Waals surface area contributed by atoms with Gasteiger partial charge in [0.25, 0.3) is 6.47 Å². The molecule has 0 saturated heterocycles. The number of hydrogen-bond donors (Lipinski definition) is 2. The first-order chi connectivity index (χ1) is 15.9. The van der Waals surface area contributed by atoms with Crippen molar-refractivity contribution in [1.82, 2.24) is 5.32 Å². The van der Waals surface area contributed by atoms with Crippen molar-refractivity contribution in [2.45, 2.75) is 57.1 Å². The molecule has 0 bridgehead atoms. The highest BCUT2D eigenvalue weighted by Crippen LogP contribution is 2.44. The van der Waals surface area contributed by atoms with Crippen LogP contribution < -0.4 is 11.1 Å². The minimum absolute atomic E-state index is 0.0112. The number of amides is 1. The molecule has 0 heterocycles. The highest BCUT2D eigenvalue weighted by Gasteiger charge is 2.31. The zero-order valence-corrected chi connectivity index (χ0v) is 19.2. The Bertz CT molecular complexity index is 943. The minimum atomic E-state index is -0.951. The molecule has 7 nitrogen and oxygen atoms in total. The fraction of sp³-hybridized carbons (Fsp3) is 0.423. The van der Waals surface area contributed by atoms with Crippen LogP contribution in [0.25, 0.3) is 11.1 Å². The van der Waals surface area contributed by atoms with Crippen molar-refractivity contribution < 1.29 is 23.9 Å². The molecule has 2 aromatic carbocycles. The summed E-state index contributed by atoms with van der Waals surface area (Å²) >= 11 is 0. The number of fused-ring (bicyclic) bond motifs is 3. The van der Waals surface area contributed by atoms with Crippen molar-refractivity contribution in [3.63, 3.8) is 0 Å². The second-order valence-electron chi connectivity index (χ2n) is 8.92. The van der Waals surface area contributed by atoms with Crippen molar-refractivity contribution >= 4 is 18.3 Å². The number of rotatable bonds is 12. The predicted octanol–water partition coefficient (Wildman–Crippen LogP) is 3.93. The van der Waals surface area contributed by atoms with Crippen LogP contribution in [0.2, 0.25) is 0 Å². The van der Waals surface area contributed by atoms with Gasteiger partial charge in [-0.1, -0.05) is 48.5 Å². The Balaban J connectivity index is 1.65. The van der Waals surface area contributed by atoms with Gasteiger partial charge in [-0.3, -0.25) is 9.59 Å². The molecule has 0 aliphatic heterocycles. The van der Waals surface area contributed by atoms with Gasteiger partial charge in [0.05, 0.1) is 6.04 Å². The van der Waals surface area contributed by atoms with Crippen LogP contribution in [-0.2, 0) is 19.1 Å². The third-order valence-corrected chi connectivity index (χ3v) is 5.94. The van der Waals surface area contributed by atoms with Gasteiger partial charge in [-0.2, -0.15) is 0 Å². The topological polar surface area (TPSA) is 108 Å². The van der Waals surface area contributed by atoms with Gasteiger partial charge in [0.2, 0.25) is 0 Å². The van der Waals surface area contributed by atoms with Crippen LogP contribution in [0.4, 0.5) is 4.79 Å². The minimum Gasteiger partial charge on any atom is -0.461 e. The van der Waals surface area contributed by atoms with E-state index in [2.05, 4.69) is 29.6 Å². The van der Waals surface area contributed by atoms with E-state index in [4.69, 9.17) is 15.2 Å². The molecule has 1 aliphatic carbocycles. The highest BCUT2D eigenvalue weighted by atomic mass is 16.5. The largest absolute Gasteiger partial charge is 0.461 e. The number of nitrogens with one attached hydrogen (secondary N) is 1. The van der Waals surface area contributed by atoms with Crippen LogP contribution in [0.15, 0.2) is 48.5 Å². The number of hydrogen-bond acceptors (Lipinski definition) is 6. The van der Waals surface area contributed by atoms with E-state index in [0.717, 1.165) is 28.7 Å². The van der Waals surface area contributed by atoms with Crippen LogP contribution in [0.1, 0.15) is 56.6 Å². The molecular formula is C26H32N2O5. The first-order valence-corrected chi connectivity index (χ1v) is 11.3. The average molecular weight is 453 g/mol. The van der Waals surface area contributed by atoms with E-state index in [1.165, 1.54) is 0 Å². The Labute approximate surface area is 194 Å². The van der Waals surface area contributed by atoms with E-state index >= 15 is 0 Å². The molecule has 1 atom stereocenters. The quantitative estimate of drug-likeness (QED) is 0.373. The molecule has 3 N–H and O–H groups in total. The molecule has 3 rings (SSSR count). The maximum absolute atomic E-state index is 12.9. The van der Waals surface area contributed by atoms with Gasteiger partial charge >= 0.3 is 6.09 Å². The fourth-order valence-corrected chi connectivity index (χ4v) is 4.30. The van der Waals surface area contributed by atoms with Gasteiger partial charge in [-0.05, 0) is 61.9 Å². The molecule has 0 saturated carbocycles. The zero-order chi connectivity index (χ0) is 23.8. The number of carbonyl (C=O) groups excluding carboxylic acids is 3. The molecule has 1 amide bonds. The monoisotopic (exact) mass is 452 g/mol. The van der Waals surface area contributed by atoms with E-state index in [1.807, 2.05) is 24.3 Å². The summed E-state index contributed by atoms with van der Waals surface area (Å²) in [5.41, 5.74) is 9.16. The summed E-state index contributed by atoms with van der Waals surface area (Å²) in [6.07, 6.45) is 1.22. The molecule has 0 spiro atoms. The maximum Gasteiger partial charge on any atom is 0.407 e. The maximum atomic E-state index is 12.9. The standard InChI is InChI=1S/C26H32N2O5/c1-26(2,33-17-29)15-24(30)23(13-7-8-14-27)28-25(31)32-16-22-20-11-5-3-9-18(20)19-10-4-6-12-21(19)22/h3-6,9-12,17,22-23H,7-8,13-16,27H2,1-2H3,(H,28,31)/t23-/m0/s1. The van der Waals surface area contributed by atoms with Crippen LogP contribution in [0.3, 0.4) is 0 Å². The third-order valence-electron chi connectivity index (χ3n) is 5.94. The lowest BCUT2D eigenvalue weighted by Gasteiger charge is -2.25. The molecule has 0 fully saturated rings. The van der Waals surface area contributed by atoms with Gasteiger partial charge in [0.1, 0.15) is 12.2 Å². The lowest BCUT2D eigenvalue weighted by Crippen LogP contribution is -2.44. The summed E-state index contributed by atoms with van der Waals surface area (Å²) in [4.78, 5) is 36.2. The fourth-order valence-electron chi connectivity index (χ4n) is 4.30. The van der Waals surface area contributed by atoms with E-state index < -0.39 is 17.7 Å². The van der Waals surface area contributed by atoms with E-state index in [0.29, 0.717) is 25.9 Å². The van der Waals surface area contributed by atoms with Gasteiger partial charge < -0.3 is 20.5 Å². The van der Waals surface area contributed by atoms with Gasteiger partial charge in [0, 0.05) is 12.3 Å². The Morgan fingerprint density at radius 2 is 1.67 bits per heavy atom. The first-order valence-electron chi connectivity index (χ1n) is 11.3. The average Bonchev–Trinajstić information content (AvgIpc) is 3.10. The Hall–Kier alpha value is -3.19. The van der Waals surface area contributed by atoms with E-state index in [9.17, 15) is 14.4 Å². The number of carbonyl (C=O) groups is 3. The first kappa shape index (κ1) is 24.5. The van der Waals surface area contributed by atoms with Crippen LogP contribution in [0.5, 0.6) is 0 Å². The van der Waals surface area contributed by atoms with Crippen LogP contribution in [0, 0.1) is 0 Å². The summed E-state index contributed by atoms with van der Waals surface area (Å²) in [7, 11) is 0. The molecular weight excluding hydrogens is 420 g/mol. The lowest BCUT2D eigenvalue weighted by molar-refractivity contribution is -0.143. The number of Topliss-reactive ketones (excluding diaryl/α,β-unsaturated/α-hetero) is 1. The predicted molar refractivity (Wildman–Crippen MR) is 126 cm³/mol. The van der Waals surface area contributed by atoms with Gasteiger partial charge in [-0.15, -0.1) is 0 Å². The normalized spacial score (nSPS) is 13.5. The van der Waals surface area contributed by atoms with Crippen molar-refractivity contribution in [3.05, 3.63) is 59.7 Å². The van der Waals surface area contributed by atoms with Crippen molar-refractivity contribution in [3.8, 4) is 11.1 Å². The molecule has 176 valence electrons. The van der Waals surface area contributed by atoms with Crippen LogP contribution in [-0.4, -0.2) is 43.1 Å². The number of nitrogens with two attached hydrogens (primary N) is 1. The number of benzene rings is 2. The summed E-state index contributed by atoms with van der Waals surface area (Å²) in [5.74, 6) is -0.276. The molecule has 7 heteroatoms. The molecule has 2 aromatic rings. The Morgan fingerprint density at radius 3 is 2.24 bits per heavy atom. The van der Waals surface area contributed by atoms with Gasteiger partial charge in [-0.25, -0.2) is 4.79 Å². The van der Waals surface area contributed by atoms with Crippen molar-refractivity contribution in [1.29, 1.82) is 0 Å². The summed E-state index contributed by atoms with van der Waals surface area (Å²) < 4.78 is 10.6. The highest BCUT2D eigenvalue weighted by molar-refractivity contribution is 5.88. The Kier molecular flexibility index (Phi) is 8.22. The number of ether oxygens (including phenoxy) is 2. The Morgan fingerprint density at radius 1 is 1.06 bits per heavy atom. The summed E-state index contributed by atoms with van der Waals surface area (Å²) in [6, 6.07) is 15.5. The summed E-state index contributed by atoms with van der Waals surface area (Å²) in [5, 5.41) is 2.72. The second kappa shape index (κ2) is 11.1. The van der Waals surface area contributed by atoms with Crippen molar-refractivity contribution in [2.24, 2.45) is 5.73 Å². The molecule has 1 aliphatic rings. The zero-order valence-electron chi connectivity index (χ0n) is 19.2. The number of alkyl carbamates (subject to hydrolysis) is 1. The lowest BCUT2D eigenvalue weighted by atomic mass is 9.95. The third kappa shape index (κ3) is 6.20. The SMILES string of the molecule is CC(C)(CC(=O)[C@H](CCCCN)NC(=O)OCC1c2ccccc2-c2ccccc21)OC=O.